The number of fused-ring (bicyclic) bond motifs is 1. The number of ether oxygens (including phenoxy) is 2. The van der Waals surface area contributed by atoms with E-state index in [-0.39, 0.29) is 5.91 Å². The monoisotopic (exact) mass is 522 g/mol. The van der Waals surface area contributed by atoms with Gasteiger partial charge in [-0.3, -0.25) is 4.79 Å². The average molecular weight is 523 g/mol. The number of nitrogens with two attached hydrogens (primary N) is 1. The van der Waals surface area contributed by atoms with E-state index >= 15 is 0 Å². The van der Waals surface area contributed by atoms with E-state index in [2.05, 4.69) is 21.3 Å². The van der Waals surface area contributed by atoms with Crippen molar-refractivity contribution in [2.24, 2.45) is 5.92 Å². The number of hydrogen-bond acceptors (Lipinski definition) is 8. The Labute approximate surface area is 227 Å². The summed E-state index contributed by atoms with van der Waals surface area (Å²) in [6.45, 7) is 2.15. The second-order valence-electron chi connectivity index (χ2n) is 9.54. The van der Waals surface area contributed by atoms with Crippen LogP contribution in [0.2, 0.25) is 0 Å². The Balaban J connectivity index is 1.17. The molecule has 0 saturated carbocycles. The Morgan fingerprint density at radius 3 is 2.44 bits per heavy atom. The zero-order valence-electron chi connectivity index (χ0n) is 22.0. The molecule has 0 radical (unpaired) electrons. The molecule has 9 nitrogen and oxygen atoms in total. The van der Waals surface area contributed by atoms with Gasteiger partial charge < -0.3 is 25.4 Å². The molecule has 4 aromatic rings. The molecule has 1 amide bonds. The van der Waals surface area contributed by atoms with Crippen molar-refractivity contribution in [3.8, 4) is 28.7 Å². The van der Waals surface area contributed by atoms with Gasteiger partial charge >= 0.3 is 0 Å². The summed E-state index contributed by atoms with van der Waals surface area (Å²) in [5.74, 6) is 2.43. The standard InChI is InChI=1S/C30H30N6O3/c1-38-26-15-24-25(16-27(26)39-2)34-30(35-28(24)32)36-12-10-19(11-13-36)18-33-29(37)22-8-6-21(7-9-22)23-5-3-4-20(14-23)17-31/h3-9,14-16,19H,10-13,18H2,1-2H3,(H,33,37)(H2,32,34,35). The smallest absolute Gasteiger partial charge is 0.251 e. The third-order valence-electron chi connectivity index (χ3n) is 7.14. The van der Waals surface area contributed by atoms with Gasteiger partial charge in [-0.15, -0.1) is 0 Å². The minimum atomic E-state index is -0.0928. The number of carbonyl (C=O) groups is 1. The molecule has 1 fully saturated rings. The van der Waals surface area contributed by atoms with E-state index in [1.807, 2.05) is 48.5 Å². The number of methoxy groups -OCH3 is 2. The van der Waals surface area contributed by atoms with Crippen molar-refractivity contribution in [2.45, 2.75) is 12.8 Å². The third-order valence-corrected chi connectivity index (χ3v) is 7.14. The SMILES string of the molecule is COc1cc2nc(N3CCC(CNC(=O)c4ccc(-c5cccc(C#N)c5)cc4)CC3)nc(N)c2cc1OC. The van der Waals surface area contributed by atoms with Crippen molar-refractivity contribution in [3.05, 3.63) is 71.8 Å². The highest BCUT2D eigenvalue weighted by Gasteiger charge is 2.23. The van der Waals surface area contributed by atoms with Gasteiger partial charge in [-0.05, 0) is 60.2 Å². The van der Waals surface area contributed by atoms with Crippen LogP contribution in [0.25, 0.3) is 22.0 Å². The molecule has 0 unspecified atom stereocenters. The number of rotatable bonds is 7. The number of aromatic nitrogens is 2. The summed E-state index contributed by atoms with van der Waals surface area (Å²) in [7, 11) is 3.17. The zero-order valence-corrected chi connectivity index (χ0v) is 22.0. The summed E-state index contributed by atoms with van der Waals surface area (Å²) in [5.41, 5.74) is 10.1. The first-order valence-corrected chi connectivity index (χ1v) is 12.8. The second kappa shape index (κ2) is 11.3. The van der Waals surface area contributed by atoms with E-state index in [0.717, 1.165) is 42.4 Å². The van der Waals surface area contributed by atoms with Gasteiger partial charge in [0.15, 0.2) is 11.5 Å². The van der Waals surface area contributed by atoms with Crippen LogP contribution >= 0.6 is 0 Å². The highest BCUT2D eigenvalue weighted by Crippen LogP contribution is 2.34. The molecular weight excluding hydrogens is 492 g/mol. The summed E-state index contributed by atoms with van der Waals surface area (Å²) >= 11 is 0. The first-order valence-electron chi connectivity index (χ1n) is 12.8. The summed E-state index contributed by atoms with van der Waals surface area (Å²) < 4.78 is 10.8. The van der Waals surface area contributed by atoms with Crippen molar-refractivity contribution < 1.29 is 14.3 Å². The topological polar surface area (TPSA) is 126 Å². The number of piperidine rings is 1. The third kappa shape index (κ3) is 5.55. The van der Waals surface area contributed by atoms with E-state index < -0.39 is 0 Å². The van der Waals surface area contributed by atoms with Crippen molar-refractivity contribution in [1.29, 1.82) is 5.26 Å². The molecule has 3 aromatic carbocycles. The second-order valence-corrected chi connectivity index (χ2v) is 9.54. The normalized spacial score (nSPS) is 13.6. The fraction of sp³-hybridized carbons (Fsp3) is 0.267. The van der Waals surface area contributed by atoms with Crippen LogP contribution in [0.4, 0.5) is 11.8 Å². The molecule has 0 atom stereocenters. The Kier molecular flexibility index (Phi) is 7.46. The van der Waals surface area contributed by atoms with Gasteiger partial charge in [-0.2, -0.15) is 10.2 Å². The van der Waals surface area contributed by atoms with Gasteiger partial charge in [-0.25, -0.2) is 4.98 Å². The van der Waals surface area contributed by atoms with Crippen molar-refractivity contribution in [3.63, 3.8) is 0 Å². The first kappa shape index (κ1) is 25.8. The maximum absolute atomic E-state index is 12.8. The Morgan fingerprint density at radius 2 is 1.74 bits per heavy atom. The first-order chi connectivity index (χ1) is 19.0. The lowest BCUT2D eigenvalue weighted by Crippen LogP contribution is -2.39. The van der Waals surface area contributed by atoms with Gasteiger partial charge in [0, 0.05) is 36.7 Å². The molecule has 39 heavy (non-hydrogen) atoms. The molecule has 1 aliphatic heterocycles. The van der Waals surface area contributed by atoms with E-state index in [1.165, 1.54) is 0 Å². The van der Waals surface area contributed by atoms with Gasteiger partial charge in [0.2, 0.25) is 5.95 Å². The summed E-state index contributed by atoms with van der Waals surface area (Å²) in [6.07, 6.45) is 1.81. The molecule has 5 rings (SSSR count). The summed E-state index contributed by atoms with van der Waals surface area (Å²) in [5, 5.41) is 12.9. The molecule has 1 aliphatic rings. The molecule has 1 saturated heterocycles. The minimum Gasteiger partial charge on any atom is -0.493 e. The van der Waals surface area contributed by atoms with Crippen molar-refractivity contribution in [2.75, 3.05) is 44.5 Å². The Hall–Kier alpha value is -4.84. The fourth-order valence-corrected chi connectivity index (χ4v) is 4.87. The predicted molar refractivity (Wildman–Crippen MR) is 151 cm³/mol. The molecule has 1 aromatic heterocycles. The molecule has 0 bridgehead atoms. The van der Waals surface area contributed by atoms with E-state index in [0.29, 0.717) is 52.4 Å². The molecule has 0 spiro atoms. The van der Waals surface area contributed by atoms with Crippen LogP contribution in [0, 0.1) is 17.2 Å². The zero-order chi connectivity index (χ0) is 27.4. The Bertz CT molecular complexity index is 1540. The number of nitrogens with one attached hydrogen (secondary N) is 1. The number of hydrogen-bond donors (Lipinski definition) is 2. The highest BCUT2D eigenvalue weighted by molar-refractivity contribution is 5.94. The number of nitriles is 1. The predicted octanol–water partition coefficient (Wildman–Crippen LogP) is 4.41. The van der Waals surface area contributed by atoms with Gasteiger partial charge in [0.1, 0.15) is 5.82 Å². The fourth-order valence-electron chi connectivity index (χ4n) is 4.87. The van der Waals surface area contributed by atoms with Crippen LogP contribution < -0.4 is 25.4 Å². The number of nitrogens with zero attached hydrogens (tertiary/aromatic N) is 4. The molecule has 0 aliphatic carbocycles. The van der Waals surface area contributed by atoms with E-state index in [4.69, 9.17) is 25.5 Å². The van der Waals surface area contributed by atoms with Crippen LogP contribution in [-0.2, 0) is 0 Å². The van der Waals surface area contributed by atoms with E-state index in [9.17, 15) is 4.79 Å². The maximum Gasteiger partial charge on any atom is 0.251 e. The van der Waals surface area contributed by atoms with Crippen LogP contribution in [0.1, 0.15) is 28.8 Å². The largest absolute Gasteiger partial charge is 0.493 e. The highest BCUT2D eigenvalue weighted by atomic mass is 16.5. The van der Waals surface area contributed by atoms with Crippen LogP contribution in [-0.4, -0.2) is 49.7 Å². The van der Waals surface area contributed by atoms with Crippen molar-refractivity contribution in [1.82, 2.24) is 15.3 Å². The van der Waals surface area contributed by atoms with E-state index in [1.54, 1.807) is 26.4 Å². The molecule has 198 valence electrons. The molecular formula is C30H30N6O3. The van der Waals surface area contributed by atoms with Gasteiger partial charge in [-0.1, -0.05) is 24.3 Å². The van der Waals surface area contributed by atoms with Gasteiger partial charge in [0.05, 0.1) is 31.4 Å². The molecule has 3 N–H and O–H groups in total. The number of anilines is 2. The minimum absolute atomic E-state index is 0.0928. The lowest BCUT2D eigenvalue weighted by atomic mass is 9.96. The van der Waals surface area contributed by atoms with Gasteiger partial charge in [0.25, 0.3) is 5.91 Å². The lowest BCUT2D eigenvalue weighted by Gasteiger charge is -2.32. The number of amides is 1. The number of nitrogen functional groups attached to an aromatic ring is 1. The quantitative estimate of drug-likeness (QED) is 0.365. The average Bonchev–Trinajstić information content (AvgIpc) is 2.99. The molecule has 9 heteroatoms. The van der Waals surface area contributed by atoms with Crippen LogP contribution in [0.3, 0.4) is 0 Å². The Morgan fingerprint density at radius 1 is 1.03 bits per heavy atom. The summed E-state index contributed by atoms with van der Waals surface area (Å²) in [4.78, 5) is 24.2. The molecule has 2 heterocycles. The van der Waals surface area contributed by atoms with Crippen molar-refractivity contribution >= 4 is 28.6 Å². The number of benzene rings is 3. The van der Waals surface area contributed by atoms with Crippen LogP contribution in [0.5, 0.6) is 11.5 Å². The maximum atomic E-state index is 12.8. The summed E-state index contributed by atoms with van der Waals surface area (Å²) in [6, 6.07) is 20.6. The number of carbonyl (C=O) groups excluding carboxylic acids is 1. The van der Waals surface area contributed by atoms with Crippen LogP contribution in [0.15, 0.2) is 60.7 Å². The lowest BCUT2D eigenvalue weighted by molar-refractivity contribution is 0.0945.